The standard InChI is InChI=1S/C29H44N2O8/c1-7-31-14-26(13-30-12-20(32)35-4)9-8-19(34-3)28-17-10-16-18(33-2)11-27(21(17)22(16)36-5)29(25(28)31,39-15-38-27)24(37-6)23(26)28/h13,16-19,21-25H,7-12,14-15H2,1-6H3/t16-,17-,18+,19+,21-,22+,23-,24+,25?,26-,27-,28+,29-/m1/s1. The molecule has 7 rings (SSSR count). The van der Waals surface area contributed by atoms with Crippen molar-refractivity contribution in [1.82, 2.24) is 4.90 Å². The highest BCUT2D eigenvalue weighted by Crippen LogP contribution is 2.82. The van der Waals surface area contributed by atoms with Crippen LogP contribution in [0.15, 0.2) is 4.99 Å². The zero-order chi connectivity index (χ0) is 27.4. The second-order valence-corrected chi connectivity index (χ2v) is 12.9. The van der Waals surface area contributed by atoms with E-state index in [0.717, 1.165) is 38.8 Å². The Kier molecular flexibility index (Phi) is 6.12. The lowest BCUT2D eigenvalue weighted by Crippen LogP contribution is -2.81. The molecule has 0 N–H and O–H groups in total. The Hall–Kier alpha value is -1.14. The molecule has 10 heteroatoms. The van der Waals surface area contributed by atoms with Gasteiger partial charge in [-0.25, -0.2) is 0 Å². The number of carbonyl (C=O) groups is 1. The van der Waals surface area contributed by atoms with Crippen LogP contribution in [0, 0.1) is 34.5 Å². The Balaban J connectivity index is 1.50. The lowest BCUT2D eigenvalue weighted by atomic mass is 9.42. The van der Waals surface area contributed by atoms with Crippen molar-refractivity contribution in [2.24, 2.45) is 39.5 Å². The van der Waals surface area contributed by atoms with Gasteiger partial charge >= 0.3 is 5.97 Å². The van der Waals surface area contributed by atoms with Crippen LogP contribution < -0.4 is 0 Å². The van der Waals surface area contributed by atoms with Crippen LogP contribution in [-0.4, -0.2) is 121 Å². The van der Waals surface area contributed by atoms with Gasteiger partial charge in [0, 0.05) is 76.2 Å². The van der Waals surface area contributed by atoms with Gasteiger partial charge in [0.05, 0.1) is 37.6 Å². The van der Waals surface area contributed by atoms with Crippen molar-refractivity contribution in [2.45, 2.75) is 74.3 Å². The van der Waals surface area contributed by atoms with Gasteiger partial charge in [0.15, 0.2) is 0 Å². The highest BCUT2D eigenvalue weighted by atomic mass is 16.7. The van der Waals surface area contributed by atoms with Crippen molar-refractivity contribution in [1.29, 1.82) is 0 Å². The van der Waals surface area contributed by atoms with Gasteiger partial charge in [0.1, 0.15) is 24.5 Å². The Bertz CT molecular complexity index is 1040. The summed E-state index contributed by atoms with van der Waals surface area (Å²) in [5.74, 6) is 0.482. The van der Waals surface area contributed by atoms with E-state index < -0.39 is 11.2 Å². The predicted molar refractivity (Wildman–Crippen MR) is 139 cm³/mol. The molecule has 2 heterocycles. The third-order valence-electron chi connectivity index (χ3n) is 12.5. The zero-order valence-corrected chi connectivity index (χ0v) is 24.1. The van der Waals surface area contributed by atoms with E-state index in [9.17, 15) is 4.79 Å². The molecule has 7 bridgehead atoms. The maximum Gasteiger partial charge on any atom is 0.327 e. The summed E-state index contributed by atoms with van der Waals surface area (Å²) in [6, 6.07) is 0.0629. The molecule has 2 aliphatic heterocycles. The molecule has 7 aliphatic rings. The first-order chi connectivity index (χ1) is 18.9. The normalized spacial score (nSPS) is 54.8. The summed E-state index contributed by atoms with van der Waals surface area (Å²) in [5, 5.41) is 0. The second-order valence-electron chi connectivity index (χ2n) is 12.9. The lowest BCUT2D eigenvalue weighted by Gasteiger charge is -2.69. The summed E-state index contributed by atoms with van der Waals surface area (Å²) in [4.78, 5) is 19.4. The number of nitrogens with zero attached hydrogens (tertiary/aromatic N) is 2. The number of likely N-dealkylation sites (N-methyl/N-ethyl adjacent to an activating group) is 1. The number of rotatable bonds is 8. The fourth-order valence-electron chi connectivity index (χ4n) is 12.0. The number of esters is 1. The number of likely N-dealkylation sites (tertiary alicyclic amines) is 1. The van der Waals surface area contributed by atoms with Gasteiger partial charge in [0.2, 0.25) is 0 Å². The Morgan fingerprint density at radius 3 is 2.59 bits per heavy atom. The summed E-state index contributed by atoms with van der Waals surface area (Å²) < 4.78 is 44.6. The molecule has 2 saturated heterocycles. The molecule has 7 fully saturated rings. The van der Waals surface area contributed by atoms with E-state index in [1.807, 2.05) is 28.4 Å². The van der Waals surface area contributed by atoms with Crippen molar-refractivity contribution in [3.05, 3.63) is 0 Å². The van der Waals surface area contributed by atoms with Crippen LogP contribution in [0.3, 0.4) is 0 Å². The maximum atomic E-state index is 12.1. The summed E-state index contributed by atoms with van der Waals surface area (Å²) >= 11 is 0. The number of aliphatic imine (C=N–C) groups is 1. The molecule has 3 spiro atoms. The maximum absolute atomic E-state index is 12.1. The minimum atomic E-state index is -0.703. The van der Waals surface area contributed by atoms with Gasteiger partial charge in [-0.15, -0.1) is 0 Å². The number of hydrogen-bond acceptors (Lipinski definition) is 10. The fraction of sp³-hybridized carbons (Fsp3) is 0.931. The minimum Gasteiger partial charge on any atom is -0.468 e. The van der Waals surface area contributed by atoms with Crippen molar-refractivity contribution in [3.63, 3.8) is 0 Å². The van der Waals surface area contributed by atoms with E-state index in [0.29, 0.717) is 0 Å². The van der Waals surface area contributed by atoms with Gasteiger partial charge in [0.25, 0.3) is 0 Å². The molecule has 218 valence electrons. The summed E-state index contributed by atoms with van der Waals surface area (Å²) in [5.41, 5.74) is -1.85. The van der Waals surface area contributed by atoms with Crippen molar-refractivity contribution < 1.29 is 38.0 Å². The molecule has 13 atom stereocenters. The first-order valence-corrected chi connectivity index (χ1v) is 14.6. The molecule has 39 heavy (non-hydrogen) atoms. The molecule has 5 aliphatic carbocycles. The second kappa shape index (κ2) is 8.93. The van der Waals surface area contributed by atoms with E-state index in [1.54, 1.807) is 0 Å². The first-order valence-electron chi connectivity index (χ1n) is 14.6. The number of hydrogen-bond donors (Lipinski definition) is 0. The van der Waals surface area contributed by atoms with Gasteiger partial charge in [-0.2, -0.15) is 0 Å². The molecule has 5 saturated carbocycles. The minimum absolute atomic E-state index is 0.0141. The number of ether oxygens (including phenoxy) is 7. The van der Waals surface area contributed by atoms with Gasteiger partial charge in [-0.3, -0.25) is 14.7 Å². The SMILES string of the molecule is CCN1C[C@]2(C=NCC(=O)OC)CC[C@H](OC)[C@@]34C1[C@]1(OCO[C@@]15C[C@H](OC)[C@H]1C[C@@H]3[C@@H]5[C@H]1OC)[C@@H](OC)[C@H]24. The Morgan fingerprint density at radius 2 is 1.92 bits per heavy atom. The Labute approximate surface area is 231 Å². The zero-order valence-electron chi connectivity index (χ0n) is 24.1. The van der Waals surface area contributed by atoms with Gasteiger partial charge in [-0.05, 0) is 31.7 Å². The van der Waals surface area contributed by atoms with Crippen LogP contribution in [0.2, 0.25) is 0 Å². The van der Waals surface area contributed by atoms with Gasteiger partial charge < -0.3 is 33.2 Å². The smallest absolute Gasteiger partial charge is 0.327 e. The number of piperidine rings is 1. The summed E-state index contributed by atoms with van der Waals surface area (Å²) in [7, 11) is 8.77. The van der Waals surface area contributed by atoms with Gasteiger partial charge in [-0.1, -0.05) is 6.92 Å². The van der Waals surface area contributed by atoms with Crippen LogP contribution >= 0.6 is 0 Å². The monoisotopic (exact) mass is 548 g/mol. The number of methoxy groups -OCH3 is 5. The number of fused-ring (bicyclic) bond motifs is 1. The summed E-state index contributed by atoms with van der Waals surface area (Å²) in [6.45, 7) is 4.19. The third-order valence-corrected chi connectivity index (χ3v) is 12.5. The molecule has 0 aromatic heterocycles. The quantitative estimate of drug-likeness (QED) is 0.331. The van der Waals surface area contributed by atoms with Crippen LogP contribution in [0.5, 0.6) is 0 Å². The van der Waals surface area contributed by atoms with Crippen LogP contribution in [0.1, 0.15) is 32.6 Å². The van der Waals surface area contributed by atoms with E-state index in [1.165, 1.54) is 7.11 Å². The lowest BCUT2D eigenvalue weighted by molar-refractivity contribution is -0.278. The van der Waals surface area contributed by atoms with E-state index in [-0.39, 0.29) is 84.3 Å². The third kappa shape index (κ3) is 2.78. The molecule has 0 amide bonds. The van der Waals surface area contributed by atoms with E-state index in [2.05, 4.69) is 18.0 Å². The fourth-order valence-corrected chi connectivity index (χ4v) is 12.0. The van der Waals surface area contributed by atoms with Crippen LogP contribution in [0.25, 0.3) is 0 Å². The molecular formula is C29H44N2O8. The largest absolute Gasteiger partial charge is 0.468 e. The van der Waals surface area contributed by atoms with Crippen molar-refractivity contribution in [3.8, 4) is 0 Å². The van der Waals surface area contributed by atoms with E-state index >= 15 is 0 Å². The summed E-state index contributed by atoms with van der Waals surface area (Å²) in [6.07, 6.45) is 5.52. The molecule has 1 unspecified atom stereocenters. The Morgan fingerprint density at radius 1 is 1.10 bits per heavy atom. The molecule has 0 aromatic carbocycles. The highest BCUT2D eigenvalue weighted by Gasteiger charge is 2.93. The average molecular weight is 549 g/mol. The molecular weight excluding hydrogens is 504 g/mol. The van der Waals surface area contributed by atoms with Crippen LogP contribution in [0.4, 0.5) is 0 Å². The topological polar surface area (TPSA) is 97.3 Å². The first kappa shape index (κ1) is 26.7. The average Bonchev–Trinajstić information content (AvgIpc) is 3.53. The highest BCUT2D eigenvalue weighted by molar-refractivity contribution is 5.76. The predicted octanol–water partition coefficient (Wildman–Crippen LogP) is 1.54. The van der Waals surface area contributed by atoms with Crippen molar-refractivity contribution in [2.75, 3.05) is 62.0 Å². The van der Waals surface area contributed by atoms with Crippen molar-refractivity contribution >= 4 is 12.2 Å². The van der Waals surface area contributed by atoms with Crippen LogP contribution in [-0.2, 0) is 38.0 Å². The van der Waals surface area contributed by atoms with E-state index in [4.69, 9.17) is 38.2 Å². The number of carbonyl (C=O) groups excluding carboxylic acids is 1. The molecule has 10 nitrogen and oxygen atoms in total. The molecule has 0 radical (unpaired) electrons. The molecule has 0 aromatic rings.